The third-order valence-electron chi connectivity index (χ3n) is 10.5. The van der Waals surface area contributed by atoms with Crippen LogP contribution < -0.4 is 0 Å². The zero-order chi connectivity index (χ0) is 37.7. The molecule has 0 aliphatic rings. The molecule has 52 heavy (non-hydrogen) atoms. The molecule has 0 radical (unpaired) electrons. The van der Waals surface area contributed by atoms with Crippen LogP contribution in [0.1, 0.15) is 60.3 Å². The lowest BCUT2D eigenvalue weighted by Crippen LogP contribution is -2.09. The van der Waals surface area contributed by atoms with Crippen molar-refractivity contribution in [2.75, 3.05) is 0 Å². The van der Waals surface area contributed by atoms with Crippen LogP contribution in [-0.4, -0.2) is 14.5 Å². The Labute approximate surface area is 305 Å². The quantitative estimate of drug-likeness (QED) is 0.182. The van der Waals surface area contributed by atoms with Crippen molar-refractivity contribution in [1.82, 2.24) is 14.5 Å². The Balaban J connectivity index is 1.35. The van der Waals surface area contributed by atoms with Gasteiger partial charge in [0.15, 0.2) is 5.58 Å². The Kier molecular flexibility index (Phi) is 6.04. The lowest BCUT2D eigenvalue weighted by molar-refractivity contribution is 0.651. The van der Waals surface area contributed by atoms with Gasteiger partial charge < -0.3 is 8.83 Å². The van der Waals surface area contributed by atoms with E-state index in [1.54, 1.807) is 0 Å². The van der Waals surface area contributed by atoms with E-state index in [0.717, 1.165) is 33.1 Å². The predicted molar refractivity (Wildman–Crippen MR) is 215 cm³/mol. The van der Waals surface area contributed by atoms with Gasteiger partial charge in [-0.1, -0.05) is 113 Å². The molecule has 0 atom stereocenters. The van der Waals surface area contributed by atoms with Crippen LogP contribution in [0.4, 0.5) is 0 Å². The Bertz CT molecular complexity index is 3120. The summed E-state index contributed by atoms with van der Waals surface area (Å²) in [6.07, 6.45) is 0. The molecule has 4 aromatic heterocycles. The number of fused-ring (bicyclic) bond motifs is 9. The number of rotatable bonds is 5. The predicted octanol–water partition coefficient (Wildman–Crippen LogP) is 13.3. The van der Waals surface area contributed by atoms with Gasteiger partial charge in [0.1, 0.15) is 22.5 Å². The second-order valence-corrected chi connectivity index (χ2v) is 14.3. The van der Waals surface area contributed by atoms with Crippen LogP contribution in [0.5, 0.6) is 0 Å². The summed E-state index contributed by atoms with van der Waals surface area (Å²) in [6.45, 7) is 6.48. The first-order valence-corrected chi connectivity index (χ1v) is 17.9. The van der Waals surface area contributed by atoms with Gasteiger partial charge in [0.25, 0.3) is 0 Å². The van der Waals surface area contributed by atoms with E-state index in [-0.39, 0.29) is 28.7 Å². The summed E-state index contributed by atoms with van der Waals surface area (Å²) >= 11 is 0. The third kappa shape index (κ3) is 4.42. The monoisotopic (exact) mass is 678 g/mol. The number of furan rings is 2. The molecular formula is C47H37N3O2. The van der Waals surface area contributed by atoms with Gasteiger partial charge in [-0.25, -0.2) is 9.97 Å². The van der Waals surface area contributed by atoms with Gasteiger partial charge >= 0.3 is 0 Å². The first-order valence-electron chi connectivity index (χ1n) is 19.4. The third-order valence-corrected chi connectivity index (χ3v) is 10.5. The molecule has 5 nitrogen and oxygen atoms in total. The van der Waals surface area contributed by atoms with E-state index in [2.05, 4.69) is 111 Å². The van der Waals surface area contributed by atoms with Gasteiger partial charge in [-0.3, -0.25) is 4.57 Å². The first-order chi connectivity index (χ1) is 26.6. The maximum atomic E-state index is 8.73. The second kappa shape index (κ2) is 11.4. The minimum atomic E-state index is -2.51. The zero-order valence-corrected chi connectivity index (χ0v) is 29.4. The molecule has 10 rings (SSSR count). The summed E-state index contributed by atoms with van der Waals surface area (Å²) in [7, 11) is 0. The molecule has 0 amide bonds. The number of para-hydroxylation sites is 2. The Morgan fingerprint density at radius 2 is 1.35 bits per heavy atom. The highest BCUT2D eigenvalue weighted by Crippen LogP contribution is 2.45. The molecule has 4 heterocycles. The molecule has 0 unspecified atom stereocenters. The van der Waals surface area contributed by atoms with Crippen LogP contribution in [0.3, 0.4) is 0 Å². The summed E-state index contributed by atoms with van der Waals surface area (Å²) in [5.41, 5.74) is 10.6. The number of benzene rings is 6. The topological polar surface area (TPSA) is 57.0 Å². The Hall–Kier alpha value is -6.20. The van der Waals surface area contributed by atoms with Gasteiger partial charge in [0, 0.05) is 25.8 Å². The number of pyridine rings is 1. The van der Waals surface area contributed by atoms with E-state index < -0.39 is 6.85 Å². The van der Waals surface area contributed by atoms with Gasteiger partial charge in [-0.05, 0) is 82.7 Å². The molecule has 252 valence electrons. The van der Waals surface area contributed by atoms with E-state index in [1.807, 2.05) is 42.5 Å². The van der Waals surface area contributed by atoms with Crippen molar-refractivity contribution in [3.05, 3.63) is 138 Å². The summed E-state index contributed by atoms with van der Waals surface area (Å²) in [6, 6.07) is 41.2. The van der Waals surface area contributed by atoms with Crippen molar-refractivity contribution < 1.29 is 12.9 Å². The number of imidazole rings is 1. The average molecular weight is 679 g/mol. The number of aromatic nitrogens is 3. The van der Waals surface area contributed by atoms with Crippen molar-refractivity contribution in [3.63, 3.8) is 0 Å². The normalized spacial score (nSPS) is 13.4. The molecule has 0 N–H and O–H groups in total. The summed E-state index contributed by atoms with van der Waals surface area (Å²) in [4.78, 5) is 10.4. The summed E-state index contributed by atoms with van der Waals surface area (Å²) in [5.74, 6) is 1.06. The molecule has 5 heteroatoms. The zero-order valence-electron chi connectivity index (χ0n) is 32.4. The fourth-order valence-electron chi connectivity index (χ4n) is 7.98. The fourth-order valence-corrected chi connectivity index (χ4v) is 7.98. The average Bonchev–Trinajstić information content (AvgIpc) is 3.87. The number of hydrogen-bond acceptors (Lipinski definition) is 4. The molecular weight excluding hydrogens is 639 g/mol. The highest BCUT2D eigenvalue weighted by Gasteiger charge is 2.27. The van der Waals surface area contributed by atoms with Crippen molar-refractivity contribution in [2.24, 2.45) is 0 Å². The molecule has 0 bridgehead atoms. The largest absolute Gasteiger partial charge is 0.453 e. The number of hydrogen-bond donors (Lipinski definition) is 0. The molecule has 0 fully saturated rings. The van der Waals surface area contributed by atoms with Crippen molar-refractivity contribution in [1.29, 1.82) is 0 Å². The van der Waals surface area contributed by atoms with Crippen LogP contribution >= 0.6 is 0 Å². The highest BCUT2D eigenvalue weighted by atomic mass is 16.3. The standard InChI is InChI=1S/C47H37N3O2/c1-26(2)36-24-31(29-14-7-6-8-15-29)25-37(27(3)4)42(36)50-43-32-17-10-9-16-30(32)22-23-38(43)48-46(50)35-20-13-19-34-41-44(52-45(34)35)28(5)40-33-18-11-12-21-39(33)51-47(40)49-41/h6-27H,1-5H3/i5D3. The maximum Gasteiger partial charge on any atom is 0.228 e. The SMILES string of the molecule is [2H]C([2H])([2H])c1c2oc3c(-c4nc5ccc6ccccc6c5n4-c4c(C(C)C)cc(-c5ccccc5)cc4C(C)C)cccc3c2nc2oc3ccccc3c12. The van der Waals surface area contributed by atoms with Gasteiger partial charge in [0.2, 0.25) is 5.71 Å². The van der Waals surface area contributed by atoms with Crippen molar-refractivity contribution in [2.45, 2.75) is 46.4 Å². The van der Waals surface area contributed by atoms with Gasteiger partial charge in [-0.2, -0.15) is 0 Å². The lowest BCUT2D eigenvalue weighted by Gasteiger charge is -2.24. The van der Waals surface area contributed by atoms with Crippen molar-refractivity contribution in [3.8, 4) is 28.2 Å². The van der Waals surface area contributed by atoms with Crippen LogP contribution in [0.15, 0.2) is 130 Å². The van der Waals surface area contributed by atoms with Crippen LogP contribution in [0, 0.1) is 6.85 Å². The Morgan fingerprint density at radius 3 is 2.12 bits per heavy atom. The van der Waals surface area contributed by atoms with E-state index in [0.29, 0.717) is 38.7 Å². The van der Waals surface area contributed by atoms with Crippen LogP contribution in [0.2, 0.25) is 0 Å². The van der Waals surface area contributed by atoms with E-state index >= 15 is 0 Å². The number of aryl methyl sites for hydroxylation is 1. The molecule has 0 spiro atoms. The molecule has 0 saturated heterocycles. The van der Waals surface area contributed by atoms with Crippen LogP contribution in [0.25, 0.3) is 94.1 Å². The molecule has 10 aromatic rings. The lowest BCUT2D eigenvalue weighted by atomic mass is 9.88. The maximum absolute atomic E-state index is 8.73. The van der Waals surface area contributed by atoms with Crippen LogP contribution in [-0.2, 0) is 0 Å². The second-order valence-electron chi connectivity index (χ2n) is 14.3. The first kappa shape index (κ1) is 27.5. The smallest absolute Gasteiger partial charge is 0.228 e. The minimum absolute atomic E-state index is 0.0970. The van der Waals surface area contributed by atoms with Crippen molar-refractivity contribution >= 4 is 65.9 Å². The Morgan fingerprint density at radius 1 is 0.635 bits per heavy atom. The summed E-state index contributed by atoms with van der Waals surface area (Å²) < 4.78 is 41.5. The minimum Gasteiger partial charge on any atom is -0.453 e. The molecule has 0 aliphatic heterocycles. The summed E-state index contributed by atoms with van der Waals surface area (Å²) in [5, 5.41) is 4.03. The molecule has 0 aliphatic carbocycles. The number of nitrogens with zero attached hydrogens (tertiary/aromatic N) is 3. The van der Waals surface area contributed by atoms with E-state index in [9.17, 15) is 0 Å². The fraction of sp³-hybridized carbons (Fsp3) is 0.149. The molecule has 6 aromatic carbocycles. The molecule has 0 saturated carbocycles. The highest BCUT2D eigenvalue weighted by molar-refractivity contribution is 6.16. The van der Waals surface area contributed by atoms with E-state index in [1.165, 1.54) is 22.3 Å². The van der Waals surface area contributed by atoms with E-state index in [4.69, 9.17) is 22.9 Å². The van der Waals surface area contributed by atoms with Gasteiger partial charge in [-0.15, -0.1) is 0 Å². The van der Waals surface area contributed by atoms with Gasteiger partial charge in [0.05, 0.1) is 27.7 Å².